The van der Waals surface area contributed by atoms with Crippen molar-refractivity contribution in [2.24, 2.45) is 0 Å². The molecule has 1 aromatic heterocycles. The Morgan fingerprint density at radius 3 is 2.97 bits per heavy atom. The van der Waals surface area contributed by atoms with Gasteiger partial charge in [0.2, 0.25) is 5.76 Å². The third-order valence-electron chi connectivity index (χ3n) is 5.15. The van der Waals surface area contributed by atoms with Crippen LogP contribution in [0, 0.1) is 5.82 Å². The molecule has 1 aromatic carbocycles. The third-order valence-corrected chi connectivity index (χ3v) is 5.36. The van der Waals surface area contributed by atoms with Crippen molar-refractivity contribution in [3.05, 3.63) is 65.0 Å². The molecule has 4 rings (SSSR count). The molecular weight excluding hydrogens is 397 g/mol. The monoisotopic (exact) mass is 417 g/mol. The summed E-state index contributed by atoms with van der Waals surface area (Å²) in [6.45, 7) is 0.352. The Morgan fingerprint density at radius 2 is 2.17 bits per heavy atom. The van der Waals surface area contributed by atoms with Gasteiger partial charge in [-0.05, 0) is 42.7 Å². The lowest BCUT2D eigenvalue weighted by atomic mass is 9.92. The number of aromatic nitrogens is 1. The van der Waals surface area contributed by atoms with E-state index in [1.54, 1.807) is 41.6 Å². The maximum atomic E-state index is 14.4. The molecule has 0 bridgehead atoms. The topological polar surface area (TPSA) is 74.7 Å². The van der Waals surface area contributed by atoms with Gasteiger partial charge < -0.3 is 20.1 Å². The smallest absolute Gasteiger partial charge is 0.288 e. The van der Waals surface area contributed by atoms with E-state index in [-0.39, 0.29) is 17.6 Å². The number of anilines is 1. The van der Waals surface area contributed by atoms with Crippen molar-refractivity contribution in [2.45, 2.75) is 44.4 Å². The van der Waals surface area contributed by atoms with Crippen molar-refractivity contribution in [1.29, 1.82) is 0 Å². The molecular formula is C21H21ClFN3O3. The number of halogens is 2. The number of hydrogen-bond donors (Lipinski definition) is 2. The second-order valence-corrected chi connectivity index (χ2v) is 7.62. The number of amides is 1. The highest BCUT2D eigenvalue weighted by atomic mass is 35.5. The lowest BCUT2D eigenvalue weighted by Gasteiger charge is -2.31. The fourth-order valence-electron chi connectivity index (χ4n) is 3.66. The number of carbonyl (C=O) groups is 1. The molecule has 0 unspecified atom stereocenters. The number of fused-ring (bicyclic) bond motifs is 1. The summed E-state index contributed by atoms with van der Waals surface area (Å²) >= 11 is 5.97. The second kappa shape index (κ2) is 8.39. The highest BCUT2D eigenvalue weighted by Gasteiger charge is 2.30. The Labute approximate surface area is 173 Å². The molecule has 1 saturated carbocycles. The fourth-order valence-corrected chi connectivity index (χ4v) is 3.86. The van der Waals surface area contributed by atoms with Crippen molar-refractivity contribution in [3.8, 4) is 5.75 Å². The average Bonchev–Trinajstić information content (AvgIpc) is 2.70. The Kier molecular flexibility index (Phi) is 5.69. The predicted octanol–water partition coefficient (Wildman–Crippen LogP) is 3.53. The summed E-state index contributed by atoms with van der Waals surface area (Å²) in [4.78, 5) is 18.5. The lowest BCUT2D eigenvalue weighted by Crippen LogP contribution is -2.46. The molecule has 2 heterocycles. The molecule has 0 saturated heterocycles. The van der Waals surface area contributed by atoms with E-state index in [1.807, 2.05) is 0 Å². The first-order valence-electron chi connectivity index (χ1n) is 9.55. The van der Waals surface area contributed by atoms with Crippen molar-refractivity contribution in [2.75, 3.05) is 4.90 Å². The van der Waals surface area contributed by atoms with Gasteiger partial charge >= 0.3 is 0 Å². The standard InChI is InChI=1S/C21H21ClFN3O3/c22-19-10-13(8-9-24-19)11-26-12-18(29-20-14(23)4-3-6-16(20)26)21(28)25-15-5-1-2-7-17(15)27/h3-4,6,8-10,12,15,17,27H,1-2,5,7,11H2,(H,25,28)/t15-,17-/m0/s1. The molecule has 2 aromatic rings. The number of ether oxygens (including phenoxy) is 1. The van der Waals surface area contributed by atoms with Gasteiger partial charge in [-0.15, -0.1) is 0 Å². The van der Waals surface area contributed by atoms with Crippen LogP contribution in [0.4, 0.5) is 10.1 Å². The first-order chi connectivity index (χ1) is 14.0. The van der Waals surface area contributed by atoms with E-state index >= 15 is 0 Å². The van der Waals surface area contributed by atoms with Crippen LogP contribution in [-0.4, -0.2) is 28.1 Å². The molecule has 1 amide bonds. The minimum Gasteiger partial charge on any atom is -0.445 e. The van der Waals surface area contributed by atoms with Gasteiger partial charge in [-0.25, -0.2) is 9.37 Å². The van der Waals surface area contributed by atoms with Crippen LogP contribution in [0.25, 0.3) is 0 Å². The summed E-state index contributed by atoms with van der Waals surface area (Å²) in [5, 5.41) is 13.3. The van der Waals surface area contributed by atoms with E-state index in [4.69, 9.17) is 16.3 Å². The quantitative estimate of drug-likeness (QED) is 0.744. The van der Waals surface area contributed by atoms with E-state index in [2.05, 4.69) is 10.3 Å². The fraction of sp³-hybridized carbons (Fsp3) is 0.333. The van der Waals surface area contributed by atoms with Gasteiger partial charge in [0.15, 0.2) is 11.6 Å². The van der Waals surface area contributed by atoms with Crippen LogP contribution in [0.3, 0.4) is 0 Å². The largest absolute Gasteiger partial charge is 0.445 e. The SMILES string of the molecule is O=C(N[C@H]1CCCC[C@@H]1O)C1=CN(Cc2ccnc(Cl)c2)c2cccc(F)c2O1. The number of aliphatic hydroxyl groups excluding tert-OH is 1. The Morgan fingerprint density at radius 1 is 1.34 bits per heavy atom. The number of nitrogens with one attached hydrogen (secondary N) is 1. The van der Waals surface area contributed by atoms with Gasteiger partial charge in [-0.2, -0.15) is 0 Å². The van der Waals surface area contributed by atoms with Crippen molar-refractivity contribution in [3.63, 3.8) is 0 Å². The van der Waals surface area contributed by atoms with Crippen molar-refractivity contribution < 1.29 is 19.0 Å². The number of hydrogen-bond acceptors (Lipinski definition) is 5. The number of rotatable bonds is 4. The van der Waals surface area contributed by atoms with Gasteiger partial charge in [-0.1, -0.05) is 30.5 Å². The van der Waals surface area contributed by atoms with E-state index in [0.717, 1.165) is 18.4 Å². The van der Waals surface area contributed by atoms with Crippen LogP contribution in [0.5, 0.6) is 5.75 Å². The summed E-state index contributed by atoms with van der Waals surface area (Å²) in [7, 11) is 0. The first kappa shape index (κ1) is 19.7. The zero-order valence-electron chi connectivity index (χ0n) is 15.6. The number of nitrogens with zero attached hydrogens (tertiary/aromatic N) is 2. The van der Waals surface area contributed by atoms with E-state index in [1.165, 1.54) is 6.07 Å². The van der Waals surface area contributed by atoms with Crippen LogP contribution < -0.4 is 15.0 Å². The highest BCUT2D eigenvalue weighted by Crippen LogP contribution is 2.37. The predicted molar refractivity (Wildman–Crippen MR) is 107 cm³/mol. The number of aliphatic hydroxyl groups is 1. The van der Waals surface area contributed by atoms with Crippen LogP contribution in [-0.2, 0) is 11.3 Å². The zero-order valence-corrected chi connectivity index (χ0v) is 16.4. The van der Waals surface area contributed by atoms with E-state index < -0.39 is 17.8 Å². The maximum absolute atomic E-state index is 14.4. The van der Waals surface area contributed by atoms with Gasteiger partial charge in [0.05, 0.1) is 24.0 Å². The summed E-state index contributed by atoms with van der Waals surface area (Å²) in [6, 6.07) is 7.76. The number of carbonyl (C=O) groups excluding carboxylic acids is 1. The molecule has 152 valence electrons. The van der Waals surface area contributed by atoms with Gasteiger partial charge in [0, 0.05) is 12.7 Å². The summed E-state index contributed by atoms with van der Waals surface area (Å²) in [5.74, 6) is -1.08. The molecule has 1 aliphatic heterocycles. The number of pyridine rings is 1. The summed E-state index contributed by atoms with van der Waals surface area (Å²) < 4.78 is 20.0. The normalized spacial score (nSPS) is 21.1. The molecule has 2 aliphatic rings. The van der Waals surface area contributed by atoms with Gasteiger partial charge in [0.25, 0.3) is 5.91 Å². The third kappa shape index (κ3) is 4.36. The summed E-state index contributed by atoms with van der Waals surface area (Å²) in [6.07, 6.45) is 5.77. The zero-order chi connectivity index (χ0) is 20.4. The Bertz CT molecular complexity index is 953. The molecule has 8 heteroatoms. The molecule has 6 nitrogen and oxygen atoms in total. The molecule has 0 spiro atoms. The molecule has 1 fully saturated rings. The van der Waals surface area contributed by atoms with Crippen LogP contribution in [0.2, 0.25) is 5.15 Å². The minimum absolute atomic E-state index is 0.00973. The van der Waals surface area contributed by atoms with Crippen molar-refractivity contribution in [1.82, 2.24) is 10.3 Å². The molecule has 1 aliphatic carbocycles. The Balaban J connectivity index is 1.61. The molecule has 29 heavy (non-hydrogen) atoms. The van der Waals surface area contributed by atoms with E-state index in [0.29, 0.717) is 30.2 Å². The molecule has 2 N–H and O–H groups in total. The highest BCUT2D eigenvalue weighted by molar-refractivity contribution is 6.29. The maximum Gasteiger partial charge on any atom is 0.288 e. The van der Waals surface area contributed by atoms with Crippen LogP contribution in [0.1, 0.15) is 31.2 Å². The number of para-hydroxylation sites is 1. The minimum atomic E-state index is -0.587. The average molecular weight is 418 g/mol. The first-order valence-corrected chi connectivity index (χ1v) is 9.93. The number of benzene rings is 1. The lowest BCUT2D eigenvalue weighted by molar-refractivity contribution is -0.121. The van der Waals surface area contributed by atoms with Crippen LogP contribution >= 0.6 is 11.6 Å². The van der Waals surface area contributed by atoms with Crippen LogP contribution in [0.15, 0.2) is 48.5 Å². The molecule has 0 radical (unpaired) electrons. The summed E-state index contributed by atoms with van der Waals surface area (Å²) in [5.41, 5.74) is 1.35. The molecule has 2 atom stereocenters. The van der Waals surface area contributed by atoms with E-state index in [9.17, 15) is 14.3 Å². The van der Waals surface area contributed by atoms with Gasteiger partial charge in [0.1, 0.15) is 5.15 Å². The Hall–Kier alpha value is -2.64. The second-order valence-electron chi connectivity index (χ2n) is 7.23. The van der Waals surface area contributed by atoms with Gasteiger partial charge in [-0.3, -0.25) is 4.79 Å². The van der Waals surface area contributed by atoms with Crippen molar-refractivity contribution >= 4 is 23.2 Å².